The van der Waals surface area contributed by atoms with Crippen molar-refractivity contribution < 1.29 is 0 Å². The van der Waals surface area contributed by atoms with E-state index in [1.165, 1.54) is 12.8 Å². The van der Waals surface area contributed by atoms with Gasteiger partial charge in [-0.25, -0.2) is 0 Å². The summed E-state index contributed by atoms with van der Waals surface area (Å²) < 4.78 is 0. The molecule has 0 aromatic carbocycles. The molecule has 0 spiro atoms. The van der Waals surface area contributed by atoms with Gasteiger partial charge in [-0.05, 0) is 12.3 Å². The first kappa shape index (κ1) is 29.6. The number of hydrogen-bond acceptors (Lipinski definition) is 0. The van der Waals surface area contributed by atoms with Crippen LogP contribution in [0.3, 0.4) is 0 Å². The highest BCUT2D eigenvalue weighted by Crippen LogP contribution is 1.93. The van der Waals surface area contributed by atoms with E-state index >= 15 is 0 Å². The second kappa shape index (κ2) is 61.3. The molecule has 0 saturated carbocycles. The molecule has 0 aliphatic rings. The summed E-state index contributed by atoms with van der Waals surface area (Å²) in [6.07, 6.45) is 5.51. The summed E-state index contributed by atoms with van der Waals surface area (Å²) in [5.41, 5.74) is 0. The van der Waals surface area contributed by atoms with Crippen LogP contribution in [0.15, 0.2) is 12.7 Å². The third-order valence-electron chi connectivity index (χ3n) is 1.11. The van der Waals surface area contributed by atoms with Gasteiger partial charge in [0.2, 0.25) is 0 Å². The lowest BCUT2D eigenvalue weighted by Crippen LogP contribution is -1.77. The molecule has 0 N–H and O–H groups in total. The average Bonchev–Trinajstić information content (AvgIpc) is 2.35. The van der Waals surface area contributed by atoms with Crippen molar-refractivity contribution in [1.82, 2.24) is 0 Å². The van der Waals surface area contributed by atoms with Gasteiger partial charge in [-0.1, -0.05) is 88.2 Å². The second-order valence-electron chi connectivity index (χ2n) is 3.21. The van der Waals surface area contributed by atoms with Crippen LogP contribution in [0.1, 0.15) is 88.5 Å². The van der Waals surface area contributed by atoms with Crippen LogP contribution in [0.4, 0.5) is 0 Å². The Hall–Kier alpha value is -0.260. The molecule has 0 fully saturated rings. The Kier molecular flexibility index (Phi) is 114. The summed E-state index contributed by atoms with van der Waals surface area (Å²) in [5.74, 6) is 0.884. The lowest BCUT2D eigenvalue weighted by Gasteiger charge is -1.90. The Bertz CT molecular complexity index is 53.1. The van der Waals surface area contributed by atoms with Gasteiger partial charge in [0.15, 0.2) is 0 Å². The van der Waals surface area contributed by atoms with Gasteiger partial charge < -0.3 is 0 Å². The number of hydrogen-bond donors (Lipinski definition) is 0. The van der Waals surface area contributed by atoms with Gasteiger partial charge in [-0.15, -0.1) is 6.58 Å². The first-order chi connectivity index (χ1) is 7.60. The monoisotopic (exact) mass is 232 g/mol. The zero-order valence-corrected chi connectivity index (χ0v) is 14.0. The first-order valence-corrected chi connectivity index (χ1v) is 7.21. The lowest BCUT2D eigenvalue weighted by atomic mass is 10.2. The van der Waals surface area contributed by atoms with Crippen LogP contribution < -0.4 is 0 Å². The largest absolute Gasteiger partial charge is 0.103 e. The second-order valence-corrected chi connectivity index (χ2v) is 3.21. The zero-order chi connectivity index (χ0) is 14.4. The quantitative estimate of drug-likeness (QED) is 0.445. The minimum atomic E-state index is 0.884. The molecule has 0 nitrogen and oxygen atoms in total. The van der Waals surface area contributed by atoms with Gasteiger partial charge in [-0.3, -0.25) is 0 Å². The maximum Gasteiger partial charge on any atom is -0.0382 e. The Morgan fingerprint density at radius 1 is 0.875 bits per heavy atom. The molecule has 0 aromatic heterocycles. The van der Waals surface area contributed by atoms with E-state index in [9.17, 15) is 0 Å². The van der Waals surface area contributed by atoms with Crippen LogP contribution in [-0.2, 0) is 0 Å². The summed E-state index contributed by atoms with van der Waals surface area (Å²) in [5, 5.41) is 0. The molecule has 0 heterocycles. The third kappa shape index (κ3) is 297. The fourth-order valence-electron chi connectivity index (χ4n) is 0. The summed E-state index contributed by atoms with van der Waals surface area (Å²) in [4.78, 5) is 0. The molecule has 104 valence electrons. The SMILES string of the molecule is C=CCC.CC.CC.CCC.CCC(C)C. The van der Waals surface area contributed by atoms with E-state index in [0.29, 0.717) is 0 Å². The Morgan fingerprint density at radius 2 is 1.00 bits per heavy atom. The minimum absolute atomic E-state index is 0.884. The zero-order valence-electron chi connectivity index (χ0n) is 14.0. The van der Waals surface area contributed by atoms with E-state index in [4.69, 9.17) is 0 Å². The predicted octanol–water partition coefficient (Wildman–Crippen LogP) is 7.10. The van der Waals surface area contributed by atoms with Crippen molar-refractivity contribution in [2.45, 2.75) is 88.5 Å². The van der Waals surface area contributed by atoms with Gasteiger partial charge >= 0.3 is 0 Å². The van der Waals surface area contributed by atoms with Crippen molar-refractivity contribution in [3.8, 4) is 0 Å². The molecular formula is C16H40. The average molecular weight is 232 g/mol. The normalized spacial score (nSPS) is 6.44. The lowest BCUT2D eigenvalue weighted by molar-refractivity contribution is 0.626. The van der Waals surface area contributed by atoms with Crippen LogP contribution in [0.5, 0.6) is 0 Å². The Labute approximate surface area is 108 Å². The predicted molar refractivity (Wildman–Crippen MR) is 84.3 cm³/mol. The molecule has 0 heteroatoms. The molecule has 0 radical (unpaired) electrons. The van der Waals surface area contributed by atoms with Crippen molar-refractivity contribution in [3.05, 3.63) is 12.7 Å². The number of allylic oxidation sites excluding steroid dienone is 1. The van der Waals surface area contributed by atoms with Gasteiger partial charge in [0, 0.05) is 0 Å². The maximum absolute atomic E-state index is 3.48. The highest BCUT2D eigenvalue weighted by molar-refractivity contribution is 4.60. The molecular weight excluding hydrogens is 192 g/mol. The van der Waals surface area contributed by atoms with Crippen LogP contribution in [-0.4, -0.2) is 0 Å². The third-order valence-corrected chi connectivity index (χ3v) is 1.11. The van der Waals surface area contributed by atoms with Crippen LogP contribution in [0.2, 0.25) is 0 Å². The summed E-state index contributed by atoms with van der Waals surface area (Å²) in [6, 6.07) is 0. The Balaban J connectivity index is -0.0000000334. The van der Waals surface area contributed by atoms with E-state index < -0.39 is 0 Å². The fraction of sp³-hybridized carbons (Fsp3) is 0.875. The van der Waals surface area contributed by atoms with Crippen molar-refractivity contribution >= 4 is 0 Å². The van der Waals surface area contributed by atoms with Crippen molar-refractivity contribution in [2.75, 3.05) is 0 Å². The van der Waals surface area contributed by atoms with Crippen molar-refractivity contribution in [1.29, 1.82) is 0 Å². The fourth-order valence-corrected chi connectivity index (χ4v) is 0. The maximum atomic E-state index is 3.48. The number of rotatable bonds is 2. The van der Waals surface area contributed by atoms with Crippen LogP contribution in [0, 0.1) is 5.92 Å². The minimum Gasteiger partial charge on any atom is -0.103 e. The smallest absolute Gasteiger partial charge is 0.0382 e. The van der Waals surface area contributed by atoms with Gasteiger partial charge in [-0.2, -0.15) is 0 Å². The van der Waals surface area contributed by atoms with E-state index in [1.54, 1.807) is 0 Å². The summed E-state index contributed by atoms with van der Waals surface area (Å²) >= 11 is 0. The Morgan fingerprint density at radius 3 is 1.00 bits per heavy atom. The highest BCUT2D eigenvalue weighted by atomic mass is 13.9. The molecule has 0 aromatic rings. The van der Waals surface area contributed by atoms with Gasteiger partial charge in [0.1, 0.15) is 0 Å². The summed E-state index contributed by atoms with van der Waals surface area (Å²) in [6.45, 7) is 24.4. The molecule has 0 unspecified atom stereocenters. The van der Waals surface area contributed by atoms with Crippen LogP contribution in [0.25, 0.3) is 0 Å². The molecule has 0 saturated heterocycles. The summed E-state index contributed by atoms with van der Waals surface area (Å²) in [7, 11) is 0. The van der Waals surface area contributed by atoms with Crippen molar-refractivity contribution in [3.63, 3.8) is 0 Å². The molecule has 0 amide bonds. The highest BCUT2D eigenvalue weighted by Gasteiger charge is 1.80. The van der Waals surface area contributed by atoms with E-state index in [0.717, 1.165) is 12.3 Å². The van der Waals surface area contributed by atoms with E-state index in [2.05, 4.69) is 48.1 Å². The topological polar surface area (TPSA) is 0 Å². The first-order valence-electron chi connectivity index (χ1n) is 7.21. The molecule has 0 bridgehead atoms. The molecule has 0 aliphatic carbocycles. The van der Waals surface area contributed by atoms with E-state index in [1.807, 2.05) is 33.8 Å². The standard InChI is InChI=1S/C5H12.C4H8.C3H8.2C2H6/c1-4-5(2)3;1-3-4-2;1-3-2;2*1-2/h5H,4H2,1-3H3;3H,1,4H2,2H3;3H2,1-2H3;2*1-2H3. The van der Waals surface area contributed by atoms with Gasteiger partial charge in [0.25, 0.3) is 0 Å². The molecule has 0 aliphatic heterocycles. The molecule has 16 heavy (non-hydrogen) atoms. The van der Waals surface area contributed by atoms with Crippen molar-refractivity contribution in [2.24, 2.45) is 5.92 Å². The molecule has 0 atom stereocenters. The van der Waals surface area contributed by atoms with Crippen LogP contribution >= 0.6 is 0 Å². The van der Waals surface area contributed by atoms with E-state index in [-0.39, 0.29) is 0 Å². The van der Waals surface area contributed by atoms with Gasteiger partial charge in [0.05, 0.1) is 0 Å². The molecule has 0 rings (SSSR count).